The summed E-state index contributed by atoms with van der Waals surface area (Å²) >= 11 is 0. The summed E-state index contributed by atoms with van der Waals surface area (Å²) in [4.78, 5) is 0. The number of alkyl halides is 2. The van der Waals surface area contributed by atoms with Gasteiger partial charge in [-0.25, -0.2) is 8.78 Å². The molecule has 0 radical (unpaired) electrons. The van der Waals surface area contributed by atoms with Gasteiger partial charge in [-0.2, -0.15) is 0 Å². The van der Waals surface area contributed by atoms with Crippen LogP contribution in [0.3, 0.4) is 0 Å². The molecule has 0 saturated carbocycles. The maximum Gasteiger partial charge on any atom is 0.263 e. The maximum atomic E-state index is 12.1. The molecule has 1 rings (SSSR count). The Hall–Kier alpha value is -0.920. The number of hydrogen-bond donors (Lipinski definition) is 0. The highest BCUT2D eigenvalue weighted by molar-refractivity contribution is 5.23. The molecule has 11 heavy (non-hydrogen) atoms. The minimum atomic E-state index is -2.35. The highest BCUT2D eigenvalue weighted by atomic mass is 19.3. The van der Waals surface area contributed by atoms with E-state index in [1.54, 1.807) is 12.1 Å². The van der Waals surface area contributed by atoms with Gasteiger partial charge in [0.25, 0.3) is 6.43 Å². The van der Waals surface area contributed by atoms with E-state index in [2.05, 4.69) is 0 Å². The van der Waals surface area contributed by atoms with Crippen LogP contribution in [0.5, 0.6) is 0 Å². The second kappa shape index (κ2) is 3.46. The molecule has 0 N–H and O–H groups in total. The van der Waals surface area contributed by atoms with Crippen LogP contribution in [0.15, 0.2) is 24.3 Å². The molecule has 0 nitrogen and oxygen atoms in total. The number of aryl methyl sites for hydroxylation is 1. The van der Waals surface area contributed by atoms with Gasteiger partial charge in [-0.3, -0.25) is 0 Å². The maximum absolute atomic E-state index is 12.1. The molecule has 0 heterocycles. The number of rotatable bonds is 2. The Morgan fingerprint density at radius 2 is 2.09 bits per heavy atom. The molecule has 0 aromatic heterocycles. The van der Waals surface area contributed by atoms with Crippen LogP contribution in [0.1, 0.15) is 24.5 Å². The molecule has 0 saturated heterocycles. The number of hydrogen-bond acceptors (Lipinski definition) is 0. The minimum absolute atomic E-state index is 0.115. The quantitative estimate of drug-likeness (QED) is 0.616. The lowest BCUT2D eigenvalue weighted by Crippen LogP contribution is -1.86. The van der Waals surface area contributed by atoms with Crippen LogP contribution in [0.4, 0.5) is 8.78 Å². The monoisotopic (exact) mass is 156 g/mol. The van der Waals surface area contributed by atoms with Crippen molar-refractivity contribution in [1.29, 1.82) is 0 Å². The lowest BCUT2D eigenvalue weighted by molar-refractivity contribution is 0.151. The van der Waals surface area contributed by atoms with E-state index in [1.165, 1.54) is 6.07 Å². The predicted molar refractivity (Wildman–Crippen MR) is 40.8 cm³/mol. The molecule has 0 aliphatic heterocycles. The summed E-state index contributed by atoms with van der Waals surface area (Å²) in [6.45, 7) is 1.95. The Morgan fingerprint density at radius 3 is 2.64 bits per heavy atom. The molecule has 0 bridgehead atoms. The molecule has 2 heteroatoms. The Balaban J connectivity index is 2.91. The SMILES string of the molecule is CCc1cccc(C(F)F)c1. The molecule has 0 aliphatic rings. The first-order chi connectivity index (χ1) is 5.24. The fraction of sp³-hybridized carbons (Fsp3) is 0.333. The summed E-state index contributed by atoms with van der Waals surface area (Å²) in [7, 11) is 0. The summed E-state index contributed by atoms with van der Waals surface area (Å²) in [6, 6.07) is 6.51. The van der Waals surface area contributed by atoms with E-state index in [1.807, 2.05) is 13.0 Å². The zero-order chi connectivity index (χ0) is 8.27. The van der Waals surface area contributed by atoms with Gasteiger partial charge in [0.2, 0.25) is 0 Å². The van der Waals surface area contributed by atoms with Crippen molar-refractivity contribution in [3.8, 4) is 0 Å². The first kappa shape index (κ1) is 8.18. The highest BCUT2D eigenvalue weighted by Gasteiger charge is 2.05. The van der Waals surface area contributed by atoms with Gasteiger partial charge in [-0.05, 0) is 12.0 Å². The van der Waals surface area contributed by atoms with Crippen molar-refractivity contribution in [2.75, 3.05) is 0 Å². The summed E-state index contributed by atoms with van der Waals surface area (Å²) in [6.07, 6.45) is -1.54. The molecule has 1 aromatic rings. The second-order valence-electron chi connectivity index (χ2n) is 2.40. The van der Waals surface area contributed by atoms with Crippen LogP contribution < -0.4 is 0 Å². The topological polar surface area (TPSA) is 0 Å². The van der Waals surface area contributed by atoms with E-state index in [-0.39, 0.29) is 5.56 Å². The van der Waals surface area contributed by atoms with Gasteiger partial charge < -0.3 is 0 Å². The summed E-state index contributed by atoms with van der Waals surface area (Å²) in [5.74, 6) is 0. The van der Waals surface area contributed by atoms with E-state index < -0.39 is 6.43 Å². The molecule has 0 unspecified atom stereocenters. The van der Waals surface area contributed by atoms with Gasteiger partial charge in [-0.15, -0.1) is 0 Å². The van der Waals surface area contributed by atoms with Gasteiger partial charge in [-0.1, -0.05) is 31.2 Å². The molecule has 0 spiro atoms. The van der Waals surface area contributed by atoms with E-state index >= 15 is 0 Å². The van der Waals surface area contributed by atoms with Gasteiger partial charge in [0.05, 0.1) is 0 Å². The number of benzene rings is 1. The molecular formula is C9H10F2. The van der Waals surface area contributed by atoms with Gasteiger partial charge in [0.1, 0.15) is 0 Å². The van der Waals surface area contributed by atoms with Crippen molar-refractivity contribution < 1.29 is 8.78 Å². The third kappa shape index (κ3) is 2.00. The van der Waals surface area contributed by atoms with Gasteiger partial charge >= 0.3 is 0 Å². The summed E-state index contributed by atoms with van der Waals surface area (Å²) in [5.41, 5.74) is 1.08. The third-order valence-corrected chi connectivity index (χ3v) is 1.61. The van der Waals surface area contributed by atoms with Crippen molar-refractivity contribution in [3.05, 3.63) is 35.4 Å². The second-order valence-corrected chi connectivity index (χ2v) is 2.40. The zero-order valence-corrected chi connectivity index (χ0v) is 6.35. The van der Waals surface area contributed by atoms with Crippen LogP contribution in [0, 0.1) is 0 Å². The van der Waals surface area contributed by atoms with Crippen LogP contribution in [0.2, 0.25) is 0 Å². The summed E-state index contributed by atoms with van der Waals surface area (Å²) < 4.78 is 24.2. The molecule has 0 aliphatic carbocycles. The van der Waals surface area contributed by atoms with Crippen molar-refractivity contribution in [3.63, 3.8) is 0 Å². The fourth-order valence-corrected chi connectivity index (χ4v) is 0.949. The Morgan fingerprint density at radius 1 is 1.36 bits per heavy atom. The highest BCUT2D eigenvalue weighted by Crippen LogP contribution is 2.19. The van der Waals surface area contributed by atoms with E-state index in [4.69, 9.17) is 0 Å². The van der Waals surface area contributed by atoms with Crippen LogP contribution in [0.25, 0.3) is 0 Å². The molecule has 0 amide bonds. The van der Waals surface area contributed by atoms with Crippen molar-refractivity contribution in [2.45, 2.75) is 19.8 Å². The predicted octanol–water partition coefficient (Wildman–Crippen LogP) is 3.19. The average Bonchev–Trinajstić information content (AvgIpc) is 2.05. The van der Waals surface area contributed by atoms with Crippen LogP contribution in [-0.2, 0) is 6.42 Å². The first-order valence-electron chi connectivity index (χ1n) is 3.61. The lowest BCUT2D eigenvalue weighted by atomic mass is 10.1. The van der Waals surface area contributed by atoms with Crippen molar-refractivity contribution >= 4 is 0 Å². The lowest BCUT2D eigenvalue weighted by Gasteiger charge is -2.00. The normalized spacial score (nSPS) is 10.5. The Kier molecular flexibility index (Phi) is 2.58. The van der Waals surface area contributed by atoms with E-state index in [0.717, 1.165) is 12.0 Å². The Bertz CT molecular complexity index is 231. The van der Waals surface area contributed by atoms with E-state index in [9.17, 15) is 8.78 Å². The summed E-state index contributed by atoms with van der Waals surface area (Å²) in [5, 5.41) is 0. The van der Waals surface area contributed by atoms with Gasteiger partial charge in [0, 0.05) is 5.56 Å². The standard InChI is InChI=1S/C9H10F2/c1-2-7-4-3-5-8(6-7)9(10)11/h3-6,9H,2H2,1H3. The zero-order valence-electron chi connectivity index (χ0n) is 6.35. The van der Waals surface area contributed by atoms with Crippen LogP contribution >= 0.6 is 0 Å². The largest absolute Gasteiger partial charge is 0.263 e. The molecule has 1 aromatic carbocycles. The van der Waals surface area contributed by atoms with Crippen molar-refractivity contribution in [2.24, 2.45) is 0 Å². The first-order valence-corrected chi connectivity index (χ1v) is 3.61. The van der Waals surface area contributed by atoms with Gasteiger partial charge in [0.15, 0.2) is 0 Å². The molecule has 60 valence electrons. The van der Waals surface area contributed by atoms with Crippen molar-refractivity contribution in [1.82, 2.24) is 0 Å². The Labute approximate surface area is 64.9 Å². The fourth-order valence-electron chi connectivity index (χ4n) is 0.949. The number of halogens is 2. The third-order valence-electron chi connectivity index (χ3n) is 1.61. The average molecular weight is 156 g/mol. The molecule has 0 fully saturated rings. The van der Waals surface area contributed by atoms with E-state index in [0.29, 0.717) is 0 Å². The van der Waals surface area contributed by atoms with Crippen LogP contribution in [-0.4, -0.2) is 0 Å². The smallest absolute Gasteiger partial charge is 0.205 e. The molecule has 0 atom stereocenters. The minimum Gasteiger partial charge on any atom is -0.205 e. The molecular weight excluding hydrogens is 146 g/mol.